The highest BCUT2D eigenvalue weighted by Gasteiger charge is 2.31. The molecular weight excluding hydrogens is 266 g/mol. The van der Waals surface area contributed by atoms with Gasteiger partial charge in [-0.1, -0.05) is 12.1 Å². The molecule has 1 amide bonds. The molecule has 1 aromatic heterocycles. The minimum atomic E-state index is 0.0318. The topological polar surface area (TPSA) is 56.1 Å². The predicted molar refractivity (Wildman–Crippen MR) is 80.6 cm³/mol. The standard InChI is InChI=1S/C16H19N3O2/c1-4-21-12-7-5-11(6-8-12)13-9-14(20)17-16-15(13)10(2)18-19(16)3/h5-8,13H,4,9H2,1-3H3,(H,17,20)/t13-/m1/s1. The van der Waals surface area contributed by atoms with Gasteiger partial charge in [0.05, 0.1) is 12.3 Å². The van der Waals surface area contributed by atoms with Gasteiger partial charge in [-0.25, -0.2) is 0 Å². The van der Waals surface area contributed by atoms with Crippen molar-refractivity contribution in [3.63, 3.8) is 0 Å². The van der Waals surface area contributed by atoms with E-state index in [9.17, 15) is 4.79 Å². The maximum Gasteiger partial charge on any atom is 0.226 e. The molecule has 0 radical (unpaired) electrons. The average molecular weight is 285 g/mol. The van der Waals surface area contributed by atoms with Crippen molar-refractivity contribution in [3.8, 4) is 5.75 Å². The first-order valence-electron chi connectivity index (χ1n) is 7.16. The van der Waals surface area contributed by atoms with Crippen LogP contribution in [0.2, 0.25) is 0 Å². The SMILES string of the molecule is CCOc1ccc([C@H]2CC(=O)Nc3c2c(C)nn3C)cc1. The lowest BCUT2D eigenvalue weighted by Gasteiger charge is -2.24. The Bertz CT molecular complexity index is 674. The van der Waals surface area contributed by atoms with Crippen molar-refractivity contribution in [2.24, 2.45) is 7.05 Å². The monoisotopic (exact) mass is 285 g/mol. The molecule has 0 aliphatic carbocycles. The zero-order valence-electron chi connectivity index (χ0n) is 12.5. The van der Waals surface area contributed by atoms with Gasteiger partial charge in [0, 0.05) is 24.9 Å². The zero-order valence-corrected chi connectivity index (χ0v) is 12.5. The first kappa shape index (κ1) is 13.7. The van der Waals surface area contributed by atoms with E-state index in [4.69, 9.17) is 4.74 Å². The quantitative estimate of drug-likeness (QED) is 0.943. The van der Waals surface area contributed by atoms with Crippen molar-refractivity contribution in [2.75, 3.05) is 11.9 Å². The third-order valence-electron chi connectivity index (χ3n) is 3.86. The lowest BCUT2D eigenvalue weighted by molar-refractivity contribution is -0.116. The summed E-state index contributed by atoms with van der Waals surface area (Å²) in [5.41, 5.74) is 3.19. The van der Waals surface area contributed by atoms with Gasteiger partial charge in [-0.3, -0.25) is 9.48 Å². The summed E-state index contributed by atoms with van der Waals surface area (Å²) in [6.07, 6.45) is 0.452. The Morgan fingerprint density at radius 3 is 2.76 bits per heavy atom. The second-order valence-corrected chi connectivity index (χ2v) is 5.28. The number of aromatic nitrogens is 2. The molecular formula is C16H19N3O2. The number of hydrogen-bond acceptors (Lipinski definition) is 3. The first-order valence-corrected chi connectivity index (χ1v) is 7.16. The van der Waals surface area contributed by atoms with Gasteiger partial charge in [0.15, 0.2) is 0 Å². The molecule has 3 rings (SSSR count). The van der Waals surface area contributed by atoms with Crippen LogP contribution in [0, 0.1) is 6.92 Å². The molecule has 110 valence electrons. The molecule has 1 atom stereocenters. The largest absolute Gasteiger partial charge is 0.494 e. The van der Waals surface area contributed by atoms with E-state index >= 15 is 0 Å². The highest BCUT2D eigenvalue weighted by Crippen LogP contribution is 2.39. The smallest absolute Gasteiger partial charge is 0.226 e. The molecule has 21 heavy (non-hydrogen) atoms. The van der Waals surface area contributed by atoms with Crippen LogP contribution in [0.1, 0.15) is 36.1 Å². The van der Waals surface area contributed by atoms with Crippen molar-refractivity contribution in [1.29, 1.82) is 0 Å². The van der Waals surface area contributed by atoms with Gasteiger partial charge in [-0.2, -0.15) is 5.10 Å². The fourth-order valence-electron chi connectivity index (χ4n) is 2.96. The van der Waals surface area contributed by atoms with Gasteiger partial charge >= 0.3 is 0 Å². The number of amides is 1. The average Bonchev–Trinajstić information content (AvgIpc) is 2.74. The Hall–Kier alpha value is -2.30. The van der Waals surface area contributed by atoms with E-state index in [1.54, 1.807) is 4.68 Å². The second-order valence-electron chi connectivity index (χ2n) is 5.28. The number of carbonyl (C=O) groups is 1. The molecule has 1 aromatic carbocycles. The van der Waals surface area contributed by atoms with Gasteiger partial charge in [0.1, 0.15) is 11.6 Å². The summed E-state index contributed by atoms with van der Waals surface area (Å²) < 4.78 is 7.21. The Balaban J connectivity index is 2.01. The molecule has 1 aliphatic heterocycles. The molecule has 0 unspecified atom stereocenters. The van der Waals surface area contributed by atoms with Crippen LogP contribution in [0.3, 0.4) is 0 Å². The van der Waals surface area contributed by atoms with E-state index in [1.807, 2.05) is 45.2 Å². The zero-order chi connectivity index (χ0) is 15.0. The van der Waals surface area contributed by atoms with E-state index in [2.05, 4.69) is 10.4 Å². The number of nitrogens with one attached hydrogen (secondary N) is 1. The molecule has 0 saturated carbocycles. The second kappa shape index (κ2) is 5.24. The Kier molecular flexibility index (Phi) is 3.41. The summed E-state index contributed by atoms with van der Waals surface area (Å²) in [5, 5.41) is 7.34. The van der Waals surface area contributed by atoms with Crippen LogP contribution in [0.15, 0.2) is 24.3 Å². The van der Waals surface area contributed by atoms with Crippen molar-refractivity contribution >= 4 is 11.7 Å². The lowest BCUT2D eigenvalue weighted by Crippen LogP contribution is -2.24. The van der Waals surface area contributed by atoms with Gasteiger partial charge in [-0.15, -0.1) is 0 Å². The van der Waals surface area contributed by atoms with E-state index in [0.29, 0.717) is 13.0 Å². The predicted octanol–water partition coefficient (Wildman–Crippen LogP) is 2.60. The number of hydrogen-bond donors (Lipinski definition) is 1. The molecule has 2 aromatic rings. The number of benzene rings is 1. The molecule has 0 saturated heterocycles. The maximum absolute atomic E-state index is 12.0. The van der Waals surface area contributed by atoms with Crippen LogP contribution >= 0.6 is 0 Å². The molecule has 0 spiro atoms. The number of aryl methyl sites for hydroxylation is 2. The van der Waals surface area contributed by atoms with Gasteiger partial charge in [-0.05, 0) is 31.5 Å². The van der Waals surface area contributed by atoms with Crippen LogP contribution in [0.5, 0.6) is 5.75 Å². The van der Waals surface area contributed by atoms with Crippen LogP contribution in [0.25, 0.3) is 0 Å². The number of anilines is 1. The molecule has 5 nitrogen and oxygen atoms in total. The lowest BCUT2D eigenvalue weighted by atomic mass is 9.86. The number of nitrogens with zero attached hydrogens (tertiary/aromatic N) is 2. The van der Waals surface area contributed by atoms with Gasteiger partial charge in [0.2, 0.25) is 5.91 Å². The van der Waals surface area contributed by atoms with Crippen LogP contribution < -0.4 is 10.1 Å². The Morgan fingerprint density at radius 1 is 1.38 bits per heavy atom. The summed E-state index contributed by atoms with van der Waals surface area (Å²) >= 11 is 0. The normalized spacial score (nSPS) is 17.3. The van der Waals surface area contributed by atoms with E-state index in [1.165, 1.54) is 0 Å². The van der Waals surface area contributed by atoms with E-state index in [0.717, 1.165) is 28.4 Å². The molecule has 1 aliphatic rings. The third kappa shape index (κ3) is 2.39. The van der Waals surface area contributed by atoms with Gasteiger partial charge < -0.3 is 10.1 Å². The number of ether oxygens (including phenoxy) is 1. The Morgan fingerprint density at radius 2 is 2.10 bits per heavy atom. The van der Waals surface area contributed by atoms with Crippen molar-refractivity contribution < 1.29 is 9.53 Å². The van der Waals surface area contributed by atoms with Crippen LogP contribution in [0.4, 0.5) is 5.82 Å². The van der Waals surface area contributed by atoms with Crippen molar-refractivity contribution in [1.82, 2.24) is 9.78 Å². The summed E-state index contributed by atoms with van der Waals surface area (Å²) in [6, 6.07) is 7.97. The summed E-state index contributed by atoms with van der Waals surface area (Å²) in [6.45, 7) is 4.60. The number of carbonyl (C=O) groups excluding carboxylic acids is 1. The minimum Gasteiger partial charge on any atom is -0.494 e. The van der Waals surface area contributed by atoms with E-state index < -0.39 is 0 Å². The minimum absolute atomic E-state index is 0.0318. The fraction of sp³-hybridized carbons (Fsp3) is 0.375. The highest BCUT2D eigenvalue weighted by molar-refractivity contribution is 5.94. The molecule has 2 heterocycles. The summed E-state index contributed by atoms with van der Waals surface area (Å²) in [4.78, 5) is 12.0. The first-order chi connectivity index (χ1) is 10.1. The summed E-state index contributed by atoms with van der Waals surface area (Å²) in [7, 11) is 1.85. The molecule has 0 fully saturated rings. The number of rotatable bonds is 3. The highest BCUT2D eigenvalue weighted by atomic mass is 16.5. The van der Waals surface area contributed by atoms with Crippen LogP contribution in [-0.4, -0.2) is 22.3 Å². The van der Waals surface area contributed by atoms with Crippen molar-refractivity contribution in [2.45, 2.75) is 26.2 Å². The fourth-order valence-corrected chi connectivity index (χ4v) is 2.96. The third-order valence-corrected chi connectivity index (χ3v) is 3.86. The van der Waals surface area contributed by atoms with E-state index in [-0.39, 0.29) is 11.8 Å². The maximum atomic E-state index is 12.0. The van der Waals surface area contributed by atoms with Gasteiger partial charge in [0.25, 0.3) is 0 Å². The van der Waals surface area contributed by atoms with Crippen LogP contribution in [-0.2, 0) is 11.8 Å². The molecule has 0 bridgehead atoms. The number of fused-ring (bicyclic) bond motifs is 1. The molecule has 1 N–H and O–H groups in total. The summed E-state index contributed by atoms with van der Waals surface area (Å²) in [5.74, 6) is 1.75. The molecule has 5 heteroatoms. The Labute approximate surface area is 123 Å². The van der Waals surface area contributed by atoms with Crippen molar-refractivity contribution in [3.05, 3.63) is 41.1 Å².